The van der Waals surface area contributed by atoms with Crippen LogP contribution in [0.5, 0.6) is 0 Å². The molecule has 4 rings (SSSR count). The van der Waals surface area contributed by atoms with E-state index < -0.39 is 5.97 Å². The fraction of sp³-hybridized carbons (Fsp3) is 0.720. The summed E-state index contributed by atoms with van der Waals surface area (Å²) in [5.74, 6) is 2.07. The van der Waals surface area contributed by atoms with E-state index in [4.69, 9.17) is 14.9 Å². The van der Waals surface area contributed by atoms with Crippen LogP contribution in [0.15, 0.2) is 23.5 Å². The van der Waals surface area contributed by atoms with E-state index in [-0.39, 0.29) is 29.8 Å². The van der Waals surface area contributed by atoms with Crippen LogP contribution in [0.2, 0.25) is 0 Å². The van der Waals surface area contributed by atoms with Gasteiger partial charge in [-0.3, -0.25) is 10.2 Å². The third-order valence-corrected chi connectivity index (χ3v) is 8.55. The van der Waals surface area contributed by atoms with Crippen molar-refractivity contribution < 1.29 is 24.2 Å². The molecule has 0 spiro atoms. The Bertz CT molecular complexity index is 811. The van der Waals surface area contributed by atoms with E-state index in [0.717, 1.165) is 57.4 Å². The second-order valence-corrected chi connectivity index (χ2v) is 9.92. The highest BCUT2D eigenvalue weighted by Gasteiger charge is 2.58. The summed E-state index contributed by atoms with van der Waals surface area (Å²) in [6.07, 6.45) is 12.2. The Morgan fingerprint density at radius 2 is 2.03 bits per heavy atom. The summed E-state index contributed by atoms with van der Waals surface area (Å²) < 4.78 is 11.1. The number of nitrogens with one attached hydrogen (secondary N) is 1. The van der Waals surface area contributed by atoms with Crippen LogP contribution in [0.1, 0.15) is 71.6 Å². The highest BCUT2D eigenvalue weighted by atomic mass is 16.6. The molecule has 4 aliphatic carbocycles. The number of carbonyl (C=O) groups is 2. The molecule has 170 valence electrons. The largest absolute Gasteiger partial charge is 0.512 e. The zero-order chi connectivity index (χ0) is 22.2. The van der Waals surface area contributed by atoms with Crippen LogP contribution in [-0.4, -0.2) is 35.5 Å². The maximum Gasteiger partial charge on any atom is 0.344 e. The molecule has 0 saturated heterocycles. The Kier molecular flexibility index (Phi) is 6.27. The Balaban J connectivity index is 1.42. The number of hydrogen-bond acceptors (Lipinski definition) is 6. The smallest absolute Gasteiger partial charge is 0.344 e. The fourth-order valence-electron chi connectivity index (χ4n) is 7.35. The van der Waals surface area contributed by atoms with Crippen molar-refractivity contribution in [1.82, 2.24) is 0 Å². The first-order chi connectivity index (χ1) is 14.8. The van der Waals surface area contributed by atoms with Crippen LogP contribution in [0.25, 0.3) is 0 Å². The van der Waals surface area contributed by atoms with Crippen LogP contribution in [0.4, 0.5) is 0 Å². The van der Waals surface area contributed by atoms with Gasteiger partial charge in [0.1, 0.15) is 6.10 Å². The monoisotopic (exact) mass is 429 g/mol. The molecule has 2 N–H and O–H groups in total. The van der Waals surface area contributed by atoms with Crippen molar-refractivity contribution in [3.63, 3.8) is 0 Å². The lowest BCUT2D eigenvalue weighted by Gasteiger charge is -2.54. The molecule has 0 aromatic carbocycles. The minimum absolute atomic E-state index is 0.0356. The van der Waals surface area contributed by atoms with E-state index in [1.807, 2.05) is 6.08 Å². The van der Waals surface area contributed by atoms with Crippen LogP contribution in [0.3, 0.4) is 0 Å². The van der Waals surface area contributed by atoms with Gasteiger partial charge >= 0.3 is 5.97 Å². The molecule has 0 bridgehead atoms. The predicted octanol–water partition coefficient (Wildman–Crippen LogP) is 4.89. The molecule has 6 nitrogen and oxygen atoms in total. The van der Waals surface area contributed by atoms with Gasteiger partial charge in [0.05, 0.1) is 5.76 Å². The second-order valence-electron chi connectivity index (χ2n) is 9.92. The van der Waals surface area contributed by atoms with E-state index >= 15 is 0 Å². The first-order valence-electron chi connectivity index (χ1n) is 11.9. The quantitative estimate of drug-likeness (QED) is 0.281. The minimum atomic E-state index is -0.436. The second kappa shape index (κ2) is 8.79. The molecule has 6 unspecified atom stereocenters. The molecule has 0 aromatic rings. The van der Waals surface area contributed by atoms with Gasteiger partial charge in [-0.2, -0.15) is 0 Å². The summed E-state index contributed by atoms with van der Waals surface area (Å²) >= 11 is 0. The molecular formula is C25H35NO5. The number of ketones is 1. The third kappa shape index (κ3) is 4.18. The first-order valence-corrected chi connectivity index (χ1v) is 11.9. The Hall–Kier alpha value is -2.11. The van der Waals surface area contributed by atoms with Crippen LogP contribution >= 0.6 is 0 Å². The van der Waals surface area contributed by atoms with Crippen LogP contribution in [-0.2, 0) is 19.1 Å². The van der Waals surface area contributed by atoms with Gasteiger partial charge in [-0.15, -0.1) is 0 Å². The van der Waals surface area contributed by atoms with Crippen LogP contribution in [0, 0.1) is 34.5 Å². The Labute approximate surface area is 184 Å². The van der Waals surface area contributed by atoms with E-state index in [2.05, 4.69) is 6.92 Å². The van der Waals surface area contributed by atoms with Crippen molar-refractivity contribution in [3.8, 4) is 0 Å². The number of aliphatic hydroxyl groups excluding tert-OH is 1. The lowest BCUT2D eigenvalue weighted by Crippen LogP contribution is -2.49. The van der Waals surface area contributed by atoms with Crippen molar-refractivity contribution in [3.05, 3.63) is 23.5 Å². The van der Waals surface area contributed by atoms with Gasteiger partial charge in [0.15, 0.2) is 12.4 Å². The van der Waals surface area contributed by atoms with Gasteiger partial charge in [0, 0.05) is 17.9 Å². The number of hydrogen-bond donors (Lipinski definition) is 2. The summed E-state index contributed by atoms with van der Waals surface area (Å²) in [6.45, 7) is 3.37. The number of rotatable bonds is 5. The Morgan fingerprint density at radius 1 is 1.23 bits per heavy atom. The lowest BCUT2D eigenvalue weighted by molar-refractivity contribution is -0.163. The van der Waals surface area contributed by atoms with E-state index in [0.29, 0.717) is 35.9 Å². The van der Waals surface area contributed by atoms with Gasteiger partial charge in [-0.25, -0.2) is 4.79 Å². The summed E-state index contributed by atoms with van der Waals surface area (Å²) in [4.78, 5) is 24.3. The molecule has 0 heterocycles. The number of aliphatic hydroxyl groups is 1. The van der Waals surface area contributed by atoms with Gasteiger partial charge in [0.2, 0.25) is 5.90 Å². The molecule has 31 heavy (non-hydrogen) atoms. The number of esters is 1. The molecule has 0 amide bonds. The summed E-state index contributed by atoms with van der Waals surface area (Å²) in [5, 5.41) is 16.8. The molecular weight excluding hydrogens is 394 g/mol. The molecule has 0 radical (unpaired) electrons. The molecule has 3 saturated carbocycles. The predicted molar refractivity (Wildman–Crippen MR) is 117 cm³/mol. The standard InChI is InChI=1S/C25H35NO5/c1-3-25-11-10-19-18-7-5-17(28)13-16(18)4-6-20(19)21(25)8-9-22(25)31-24(29)14-30-23(26)12-15(2)27/h12-13,18-22,26-27H,3-11,14H2,1-2H3/b15-12-,26-23?. The van der Waals surface area contributed by atoms with E-state index in [1.54, 1.807) is 0 Å². The highest BCUT2D eigenvalue weighted by molar-refractivity contribution is 5.91. The molecule has 6 atom stereocenters. The van der Waals surface area contributed by atoms with Crippen molar-refractivity contribution in [2.75, 3.05) is 6.61 Å². The number of allylic oxidation sites excluding steroid dienone is 2. The molecule has 0 aliphatic heterocycles. The summed E-state index contributed by atoms with van der Waals surface area (Å²) in [5.41, 5.74) is 1.44. The van der Waals surface area contributed by atoms with Crippen LogP contribution < -0.4 is 0 Å². The average Bonchev–Trinajstić information content (AvgIpc) is 3.10. The van der Waals surface area contributed by atoms with Gasteiger partial charge in [-0.05, 0) is 88.0 Å². The topological polar surface area (TPSA) is 96.7 Å². The maximum absolute atomic E-state index is 12.5. The molecule has 3 fully saturated rings. The SMILES string of the molecule is CCC12CCC3C4CCC(=O)C=C4CCC3C1CCC2OC(=O)COC(=N)/C=C(/C)O. The average molecular weight is 430 g/mol. The number of ether oxygens (including phenoxy) is 2. The Morgan fingerprint density at radius 3 is 2.77 bits per heavy atom. The van der Waals surface area contributed by atoms with Crippen molar-refractivity contribution in [1.29, 1.82) is 5.41 Å². The fourth-order valence-corrected chi connectivity index (χ4v) is 7.35. The van der Waals surface area contributed by atoms with Gasteiger partial charge < -0.3 is 14.6 Å². The summed E-state index contributed by atoms with van der Waals surface area (Å²) in [6, 6.07) is 0. The van der Waals surface area contributed by atoms with Crippen molar-refractivity contribution in [2.45, 2.75) is 77.7 Å². The van der Waals surface area contributed by atoms with Crippen molar-refractivity contribution >= 4 is 17.7 Å². The molecule has 6 heteroatoms. The van der Waals surface area contributed by atoms with E-state index in [1.165, 1.54) is 12.5 Å². The summed E-state index contributed by atoms with van der Waals surface area (Å²) in [7, 11) is 0. The van der Waals surface area contributed by atoms with Gasteiger partial charge in [0.25, 0.3) is 0 Å². The lowest BCUT2D eigenvalue weighted by atomic mass is 9.51. The molecule has 0 aromatic heterocycles. The van der Waals surface area contributed by atoms with Gasteiger partial charge in [-0.1, -0.05) is 12.5 Å². The zero-order valence-corrected chi connectivity index (χ0v) is 18.7. The zero-order valence-electron chi connectivity index (χ0n) is 18.7. The van der Waals surface area contributed by atoms with E-state index in [9.17, 15) is 14.7 Å². The number of fused-ring (bicyclic) bond motifs is 5. The number of carbonyl (C=O) groups excluding carboxylic acids is 2. The normalized spacial score (nSPS) is 37.2. The first kappa shape index (κ1) is 22.1. The maximum atomic E-state index is 12.5. The van der Waals surface area contributed by atoms with Crippen molar-refractivity contribution in [2.24, 2.45) is 29.1 Å². The third-order valence-electron chi connectivity index (χ3n) is 8.55. The minimum Gasteiger partial charge on any atom is -0.512 e. The molecule has 4 aliphatic rings. The highest BCUT2D eigenvalue weighted by Crippen LogP contribution is 2.63.